The second-order valence-electron chi connectivity index (χ2n) is 15.9. The average molecular weight is 967 g/mol. The standard InChI is InChI=1S/C29H29NO8.C20H23NO5.C3H3ClO/c1-8-24(31)36-16-29(38-26(33)10-3)27(20-12-11-17(4)22(14-20)37-25(32)9-2)30(28(29)34)21-13-18(5)19(6)23(15-21)35-7;1-11-5-6-14(8-16(11)23)18-20(25,10-22)19(24)21(18)15-7-12(2)13(3)17(9-15)26-4;1-2-3(4)5/h8-15,27H,1-3,16H2,4-7H3;5-9,18,22-23,25H,10H2,1-4H3;2H,1H2/t27-,29-;18-,20-;/m00./s1. The predicted molar refractivity (Wildman–Crippen MR) is 259 cm³/mol. The number of phenolic OH excluding ortho intramolecular Hbond substituents is 1. The van der Waals surface area contributed by atoms with Gasteiger partial charge in [0.15, 0.2) is 5.60 Å². The van der Waals surface area contributed by atoms with Crippen LogP contribution in [0.4, 0.5) is 11.4 Å². The SMILES string of the molecule is C=CC(=O)Cl.C=CC(=O)OC[C@@]1(OC(=O)C=C)C(=O)N(c2cc(C)c(C)c(OC)c2)[C@H]1c1ccc(C)c(OC(=O)C=C)c1.COc1cc(N2C(=O)[C@](O)(CO)[C@@H]2c2ccc(C)c(O)c2)cc(C)c1C. The Balaban J connectivity index is 0.000000289. The number of halogens is 1. The minimum atomic E-state index is -1.94. The number of amides is 2. The van der Waals surface area contributed by atoms with Crippen LogP contribution in [0.15, 0.2) is 111 Å². The summed E-state index contributed by atoms with van der Waals surface area (Å²) in [5.74, 6) is -2.11. The van der Waals surface area contributed by atoms with Gasteiger partial charge in [0.25, 0.3) is 11.8 Å². The molecule has 0 saturated carbocycles. The van der Waals surface area contributed by atoms with Crippen molar-refractivity contribution in [3.05, 3.63) is 156 Å². The number of allylic oxidation sites excluding steroid dienone is 1. The van der Waals surface area contributed by atoms with Gasteiger partial charge in [0.2, 0.25) is 10.8 Å². The van der Waals surface area contributed by atoms with Crippen LogP contribution >= 0.6 is 11.6 Å². The zero-order chi connectivity index (χ0) is 51.7. The maximum Gasteiger partial charge on any atom is 0.335 e. The lowest BCUT2D eigenvalue weighted by atomic mass is 9.77. The number of hydrogen-bond acceptors (Lipinski definition) is 14. The molecule has 4 aromatic rings. The Morgan fingerprint density at radius 1 is 0.652 bits per heavy atom. The summed E-state index contributed by atoms with van der Waals surface area (Å²) < 4.78 is 27.1. The van der Waals surface area contributed by atoms with Crippen molar-refractivity contribution in [1.29, 1.82) is 0 Å². The first-order valence-electron chi connectivity index (χ1n) is 21.1. The third kappa shape index (κ3) is 11.1. The van der Waals surface area contributed by atoms with Crippen molar-refractivity contribution in [1.82, 2.24) is 0 Å². The number of anilines is 2. The summed E-state index contributed by atoms with van der Waals surface area (Å²) in [6, 6.07) is 15.2. The number of aliphatic hydroxyl groups excluding tert-OH is 1. The second-order valence-corrected chi connectivity index (χ2v) is 16.3. The number of esters is 3. The van der Waals surface area contributed by atoms with Gasteiger partial charge < -0.3 is 39.0 Å². The molecule has 69 heavy (non-hydrogen) atoms. The molecule has 0 spiro atoms. The van der Waals surface area contributed by atoms with Gasteiger partial charge >= 0.3 is 17.9 Å². The number of phenols is 1. The number of aryl methyl sites for hydroxylation is 4. The summed E-state index contributed by atoms with van der Waals surface area (Å²) in [5, 5.41) is 29.9. The number of β-lactam (4-membered cyclic amide) rings is 2. The molecule has 2 heterocycles. The molecule has 2 amide bonds. The Bertz CT molecular complexity index is 2730. The van der Waals surface area contributed by atoms with Crippen molar-refractivity contribution < 1.29 is 67.8 Å². The van der Waals surface area contributed by atoms with E-state index < -0.39 is 71.5 Å². The lowest BCUT2D eigenvalue weighted by Crippen LogP contribution is -2.72. The Kier molecular flexibility index (Phi) is 17.6. The zero-order valence-corrected chi connectivity index (χ0v) is 40.3. The van der Waals surface area contributed by atoms with E-state index in [0.29, 0.717) is 45.1 Å². The van der Waals surface area contributed by atoms with E-state index in [1.165, 1.54) is 23.0 Å². The molecular weight excluding hydrogens is 912 g/mol. The number of hydrogen-bond donors (Lipinski definition) is 3. The lowest BCUT2D eigenvalue weighted by molar-refractivity contribution is -0.187. The van der Waals surface area contributed by atoms with Gasteiger partial charge in [-0.15, -0.1) is 0 Å². The highest BCUT2D eigenvalue weighted by Crippen LogP contribution is 2.51. The number of aliphatic hydroxyl groups is 2. The van der Waals surface area contributed by atoms with Crippen LogP contribution in [0, 0.1) is 41.5 Å². The maximum absolute atomic E-state index is 13.8. The van der Waals surface area contributed by atoms with Crippen molar-refractivity contribution in [2.75, 3.05) is 37.2 Å². The Hall–Kier alpha value is -7.53. The minimum Gasteiger partial charge on any atom is -0.508 e. The second kappa shape index (κ2) is 22.5. The normalized spacial score (nSPS) is 18.8. The van der Waals surface area contributed by atoms with Crippen LogP contribution in [0.25, 0.3) is 0 Å². The molecule has 4 aromatic carbocycles. The van der Waals surface area contributed by atoms with E-state index in [1.807, 2.05) is 33.8 Å². The molecule has 3 N–H and O–H groups in total. The molecule has 4 atom stereocenters. The van der Waals surface area contributed by atoms with Crippen LogP contribution in [0.1, 0.15) is 56.6 Å². The van der Waals surface area contributed by atoms with Gasteiger partial charge in [0.1, 0.15) is 41.7 Å². The highest BCUT2D eigenvalue weighted by atomic mass is 35.5. The fourth-order valence-corrected chi connectivity index (χ4v) is 7.59. The lowest BCUT2D eigenvalue weighted by Gasteiger charge is -2.54. The topological polar surface area (TPSA) is 216 Å². The Morgan fingerprint density at radius 2 is 1.13 bits per heavy atom. The molecule has 2 saturated heterocycles. The molecule has 0 radical (unpaired) electrons. The summed E-state index contributed by atoms with van der Waals surface area (Å²) in [6.45, 7) is 23.1. The molecule has 6 rings (SSSR count). The van der Waals surface area contributed by atoms with Gasteiger partial charge in [-0.3, -0.25) is 24.2 Å². The largest absolute Gasteiger partial charge is 0.508 e. The summed E-state index contributed by atoms with van der Waals surface area (Å²) in [7, 11) is 3.08. The van der Waals surface area contributed by atoms with Crippen molar-refractivity contribution in [3.63, 3.8) is 0 Å². The summed E-state index contributed by atoms with van der Waals surface area (Å²) >= 11 is 4.71. The number of methoxy groups -OCH3 is 2. The molecule has 364 valence electrons. The smallest absolute Gasteiger partial charge is 0.335 e. The third-order valence-corrected chi connectivity index (χ3v) is 11.8. The number of nitrogens with zero attached hydrogens (tertiary/aromatic N) is 2. The fraction of sp³-hybridized carbons (Fsp3) is 0.269. The van der Waals surface area contributed by atoms with Gasteiger partial charge in [-0.1, -0.05) is 50.6 Å². The van der Waals surface area contributed by atoms with E-state index in [9.17, 15) is 44.1 Å². The van der Waals surface area contributed by atoms with Gasteiger partial charge in [-0.2, -0.15) is 0 Å². The number of carbonyl (C=O) groups is 6. The van der Waals surface area contributed by atoms with E-state index >= 15 is 0 Å². The van der Waals surface area contributed by atoms with Crippen LogP contribution in [0.5, 0.6) is 23.0 Å². The quantitative estimate of drug-likeness (QED) is 0.0357. The highest BCUT2D eigenvalue weighted by molar-refractivity contribution is 6.66. The molecule has 2 aliphatic rings. The molecule has 0 bridgehead atoms. The van der Waals surface area contributed by atoms with E-state index in [4.69, 9.17) is 35.3 Å². The van der Waals surface area contributed by atoms with Crippen molar-refractivity contribution in [2.24, 2.45) is 0 Å². The Morgan fingerprint density at radius 3 is 1.58 bits per heavy atom. The molecule has 16 nitrogen and oxygen atoms in total. The first kappa shape index (κ1) is 54.1. The number of benzene rings is 4. The fourth-order valence-electron chi connectivity index (χ4n) is 7.59. The van der Waals surface area contributed by atoms with E-state index in [0.717, 1.165) is 46.6 Å². The first-order valence-corrected chi connectivity index (χ1v) is 21.4. The molecule has 0 unspecified atom stereocenters. The van der Waals surface area contributed by atoms with Crippen molar-refractivity contribution in [2.45, 2.75) is 64.8 Å². The Labute approximate surface area is 405 Å². The van der Waals surface area contributed by atoms with Crippen molar-refractivity contribution >= 4 is 57.9 Å². The van der Waals surface area contributed by atoms with Gasteiger partial charge in [-0.05, 0) is 128 Å². The maximum atomic E-state index is 13.8. The van der Waals surface area contributed by atoms with Crippen LogP contribution in [0.2, 0.25) is 0 Å². The average Bonchev–Trinajstić information content (AvgIpc) is 3.33. The van der Waals surface area contributed by atoms with E-state index in [1.54, 1.807) is 69.5 Å². The minimum absolute atomic E-state index is 0.0692. The van der Waals surface area contributed by atoms with E-state index in [2.05, 4.69) is 26.3 Å². The first-order chi connectivity index (χ1) is 32.5. The summed E-state index contributed by atoms with van der Waals surface area (Å²) in [4.78, 5) is 75.1. The number of aromatic hydroxyl groups is 1. The molecule has 0 aliphatic carbocycles. The zero-order valence-electron chi connectivity index (χ0n) is 39.6. The van der Waals surface area contributed by atoms with Gasteiger partial charge in [-0.25, -0.2) is 14.4 Å². The van der Waals surface area contributed by atoms with Crippen LogP contribution in [0.3, 0.4) is 0 Å². The summed E-state index contributed by atoms with van der Waals surface area (Å²) in [6.07, 6.45) is 3.92. The number of carbonyl (C=O) groups excluding carboxylic acids is 6. The van der Waals surface area contributed by atoms with Gasteiger partial charge in [0.05, 0.1) is 20.8 Å². The molecule has 2 fully saturated rings. The van der Waals surface area contributed by atoms with Gasteiger partial charge in [0, 0.05) is 41.7 Å². The van der Waals surface area contributed by atoms with E-state index in [-0.39, 0.29) is 11.5 Å². The molecule has 0 aromatic heterocycles. The number of ether oxygens (including phenoxy) is 5. The van der Waals surface area contributed by atoms with Crippen LogP contribution in [-0.4, -0.2) is 88.9 Å². The monoisotopic (exact) mass is 966 g/mol. The van der Waals surface area contributed by atoms with Crippen LogP contribution in [-0.2, 0) is 38.2 Å². The third-order valence-electron chi connectivity index (χ3n) is 11.7. The molecule has 2 aliphatic heterocycles. The number of rotatable bonds is 15. The van der Waals surface area contributed by atoms with Crippen LogP contribution < -0.4 is 24.0 Å². The highest BCUT2D eigenvalue weighted by Gasteiger charge is 2.66. The predicted octanol–water partition coefficient (Wildman–Crippen LogP) is 7.07. The molecule has 17 heteroatoms. The summed E-state index contributed by atoms with van der Waals surface area (Å²) in [5.41, 5.74) is 3.14. The molecular formula is C52H55ClN2O14. The van der Waals surface area contributed by atoms with Crippen molar-refractivity contribution in [3.8, 4) is 23.0 Å².